The number of hydrogen-bond acceptors (Lipinski definition) is 5. The number of nitrogens with zero attached hydrogens (tertiary/aromatic N) is 4. The van der Waals surface area contributed by atoms with Gasteiger partial charge in [-0.3, -0.25) is 9.78 Å². The van der Waals surface area contributed by atoms with Gasteiger partial charge in [-0.15, -0.1) is 11.3 Å². The molecule has 1 unspecified atom stereocenters. The second-order valence-electron chi connectivity index (χ2n) is 5.35. The SMILES string of the molecule is O=C(c1cnc(-c2ccncc2)nc1)N1CCC1c1cccs1. The molecule has 3 aromatic heterocycles. The number of amides is 1. The van der Waals surface area contributed by atoms with E-state index in [1.165, 1.54) is 4.88 Å². The van der Waals surface area contributed by atoms with E-state index in [0.29, 0.717) is 11.4 Å². The van der Waals surface area contributed by atoms with E-state index in [-0.39, 0.29) is 11.9 Å². The third-order valence-electron chi connectivity index (χ3n) is 3.99. The van der Waals surface area contributed by atoms with Crippen LogP contribution in [-0.2, 0) is 0 Å². The van der Waals surface area contributed by atoms with E-state index in [9.17, 15) is 4.79 Å². The lowest BCUT2D eigenvalue weighted by atomic mass is 10.0. The van der Waals surface area contributed by atoms with Crippen molar-refractivity contribution in [2.24, 2.45) is 0 Å². The predicted molar refractivity (Wildman–Crippen MR) is 88.0 cm³/mol. The van der Waals surface area contributed by atoms with Crippen LogP contribution in [0.25, 0.3) is 11.4 Å². The molecule has 5 nitrogen and oxygen atoms in total. The molecular formula is C17H14N4OS. The number of rotatable bonds is 3. The van der Waals surface area contributed by atoms with Crippen molar-refractivity contribution in [3.05, 3.63) is 64.9 Å². The Kier molecular flexibility index (Phi) is 3.59. The van der Waals surface area contributed by atoms with E-state index in [1.54, 1.807) is 36.1 Å². The second-order valence-corrected chi connectivity index (χ2v) is 6.33. The summed E-state index contributed by atoms with van der Waals surface area (Å²) in [6.07, 6.45) is 7.62. The monoisotopic (exact) mass is 322 g/mol. The molecule has 1 saturated heterocycles. The van der Waals surface area contributed by atoms with Crippen molar-refractivity contribution in [2.75, 3.05) is 6.54 Å². The maximum Gasteiger partial charge on any atom is 0.257 e. The maximum atomic E-state index is 12.6. The van der Waals surface area contributed by atoms with Crippen LogP contribution in [0, 0.1) is 0 Å². The minimum absolute atomic E-state index is 0.00377. The van der Waals surface area contributed by atoms with E-state index in [1.807, 2.05) is 28.5 Å². The molecule has 0 radical (unpaired) electrons. The van der Waals surface area contributed by atoms with Crippen molar-refractivity contribution in [3.63, 3.8) is 0 Å². The molecule has 0 aromatic carbocycles. The Morgan fingerprint density at radius 1 is 1.17 bits per heavy atom. The van der Waals surface area contributed by atoms with Crippen molar-refractivity contribution in [3.8, 4) is 11.4 Å². The summed E-state index contributed by atoms with van der Waals surface area (Å²) in [6.45, 7) is 0.785. The van der Waals surface area contributed by atoms with Crippen LogP contribution >= 0.6 is 11.3 Å². The highest BCUT2D eigenvalue weighted by Crippen LogP contribution is 2.36. The van der Waals surface area contributed by atoms with Gasteiger partial charge in [0.15, 0.2) is 5.82 Å². The number of pyridine rings is 1. The van der Waals surface area contributed by atoms with Gasteiger partial charge in [0.2, 0.25) is 0 Å². The highest BCUT2D eigenvalue weighted by Gasteiger charge is 2.34. The third kappa shape index (κ3) is 2.61. The average molecular weight is 322 g/mol. The van der Waals surface area contributed by atoms with E-state index >= 15 is 0 Å². The first-order chi connectivity index (χ1) is 11.3. The first kappa shape index (κ1) is 14.0. The van der Waals surface area contributed by atoms with Gasteiger partial charge in [-0.05, 0) is 30.0 Å². The topological polar surface area (TPSA) is 59.0 Å². The summed E-state index contributed by atoms with van der Waals surface area (Å²) < 4.78 is 0. The van der Waals surface area contributed by atoms with Crippen molar-refractivity contribution >= 4 is 17.2 Å². The Labute approximate surface area is 137 Å². The summed E-state index contributed by atoms with van der Waals surface area (Å²) in [5, 5.41) is 2.04. The summed E-state index contributed by atoms with van der Waals surface area (Å²) in [4.78, 5) is 28.3. The summed E-state index contributed by atoms with van der Waals surface area (Å²) in [7, 11) is 0. The van der Waals surface area contributed by atoms with Crippen molar-refractivity contribution < 1.29 is 4.79 Å². The molecule has 23 heavy (non-hydrogen) atoms. The van der Waals surface area contributed by atoms with Gasteiger partial charge in [-0.25, -0.2) is 9.97 Å². The zero-order valence-corrected chi connectivity index (χ0v) is 13.1. The van der Waals surface area contributed by atoms with Crippen LogP contribution in [0.1, 0.15) is 27.7 Å². The summed E-state index contributed by atoms with van der Waals surface area (Å²) >= 11 is 1.69. The molecule has 0 saturated carbocycles. The van der Waals surface area contributed by atoms with Crippen LogP contribution in [0.4, 0.5) is 0 Å². The van der Waals surface area contributed by atoms with Gasteiger partial charge >= 0.3 is 0 Å². The van der Waals surface area contributed by atoms with Gasteiger partial charge in [0.25, 0.3) is 5.91 Å². The van der Waals surface area contributed by atoms with Crippen molar-refractivity contribution in [2.45, 2.75) is 12.5 Å². The second kappa shape index (κ2) is 5.89. The molecular weight excluding hydrogens is 308 g/mol. The summed E-state index contributed by atoms with van der Waals surface area (Å²) in [5.74, 6) is 0.596. The quantitative estimate of drug-likeness (QED) is 0.743. The van der Waals surface area contributed by atoms with Gasteiger partial charge < -0.3 is 4.90 Å². The first-order valence-electron chi connectivity index (χ1n) is 7.40. The van der Waals surface area contributed by atoms with E-state index in [0.717, 1.165) is 18.5 Å². The van der Waals surface area contributed by atoms with E-state index in [4.69, 9.17) is 0 Å². The Morgan fingerprint density at radius 3 is 2.57 bits per heavy atom. The number of aromatic nitrogens is 3. The molecule has 1 atom stereocenters. The van der Waals surface area contributed by atoms with Crippen LogP contribution < -0.4 is 0 Å². The molecule has 0 aliphatic carbocycles. The molecule has 0 spiro atoms. The van der Waals surface area contributed by atoms with Crippen molar-refractivity contribution in [1.29, 1.82) is 0 Å². The van der Waals surface area contributed by atoms with Gasteiger partial charge in [0.1, 0.15) is 0 Å². The van der Waals surface area contributed by atoms with Crippen LogP contribution in [0.5, 0.6) is 0 Å². The van der Waals surface area contributed by atoms with Crippen LogP contribution in [0.2, 0.25) is 0 Å². The highest BCUT2D eigenvalue weighted by molar-refractivity contribution is 7.10. The van der Waals surface area contributed by atoms with Gasteiger partial charge in [-0.2, -0.15) is 0 Å². The highest BCUT2D eigenvalue weighted by atomic mass is 32.1. The Balaban J connectivity index is 1.53. The smallest absolute Gasteiger partial charge is 0.257 e. The molecule has 3 aromatic rings. The molecule has 4 heterocycles. The van der Waals surface area contributed by atoms with Gasteiger partial charge in [-0.1, -0.05) is 6.07 Å². The molecule has 0 bridgehead atoms. The zero-order chi connectivity index (χ0) is 15.6. The number of likely N-dealkylation sites (tertiary alicyclic amines) is 1. The third-order valence-corrected chi connectivity index (χ3v) is 4.96. The molecule has 1 amide bonds. The minimum atomic E-state index is -0.00377. The maximum absolute atomic E-state index is 12.6. The van der Waals surface area contributed by atoms with Crippen LogP contribution in [-0.4, -0.2) is 32.3 Å². The zero-order valence-electron chi connectivity index (χ0n) is 12.3. The fourth-order valence-electron chi connectivity index (χ4n) is 2.66. The van der Waals surface area contributed by atoms with E-state index < -0.39 is 0 Å². The molecule has 1 fully saturated rings. The van der Waals surface area contributed by atoms with Crippen LogP contribution in [0.3, 0.4) is 0 Å². The van der Waals surface area contributed by atoms with Crippen LogP contribution in [0.15, 0.2) is 54.4 Å². The molecule has 1 aliphatic rings. The fraction of sp³-hybridized carbons (Fsp3) is 0.176. The molecule has 1 aliphatic heterocycles. The Morgan fingerprint density at radius 2 is 1.96 bits per heavy atom. The fourth-order valence-corrected chi connectivity index (χ4v) is 3.54. The Hall–Kier alpha value is -2.60. The van der Waals surface area contributed by atoms with Crippen molar-refractivity contribution in [1.82, 2.24) is 19.9 Å². The number of thiophene rings is 1. The lowest BCUT2D eigenvalue weighted by Gasteiger charge is -2.40. The lowest BCUT2D eigenvalue weighted by Crippen LogP contribution is -2.44. The Bertz CT molecular complexity index is 802. The molecule has 6 heteroatoms. The number of carbonyl (C=O) groups is 1. The molecule has 0 N–H and O–H groups in total. The summed E-state index contributed by atoms with van der Waals surface area (Å²) in [6, 6.07) is 7.99. The minimum Gasteiger partial charge on any atom is -0.331 e. The lowest BCUT2D eigenvalue weighted by molar-refractivity contribution is 0.0467. The number of hydrogen-bond donors (Lipinski definition) is 0. The van der Waals surface area contributed by atoms with E-state index in [2.05, 4.69) is 21.0 Å². The predicted octanol–water partition coefficient (Wildman–Crippen LogP) is 3.19. The molecule has 4 rings (SSSR count). The van der Waals surface area contributed by atoms with Gasteiger partial charge in [0, 0.05) is 41.8 Å². The standard InChI is InChI=1S/C17H14N4OS/c22-17(21-8-5-14(21)15-2-1-9-23-15)13-10-19-16(20-11-13)12-3-6-18-7-4-12/h1-4,6-7,9-11,14H,5,8H2. The number of carbonyl (C=O) groups excluding carboxylic acids is 1. The van der Waals surface area contributed by atoms with Gasteiger partial charge in [0.05, 0.1) is 11.6 Å². The molecule has 114 valence electrons. The first-order valence-corrected chi connectivity index (χ1v) is 8.28. The largest absolute Gasteiger partial charge is 0.331 e. The normalized spacial score (nSPS) is 16.9. The summed E-state index contributed by atoms with van der Waals surface area (Å²) in [5.41, 5.74) is 1.42. The average Bonchev–Trinajstić information content (AvgIpc) is 3.08.